The molecular formula is C26H24N4O2. The Bertz CT molecular complexity index is 1210. The molecule has 0 aliphatic carbocycles. The van der Waals surface area contributed by atoms with Crippen molar-refractivity contribution in [1.82, 2.24) is 10.3 Å². The Morgan fingerprint density at radius 3 is 2.69 bits per heavy atom. The van der Waals surface area contributed by atoms with Crippen LogP contribution < -0.4 is 10.2 Å². The Hall–Kier alpha value is -3.69. The number of rotatable bonds is 4. The lowest BCUT2D eigenvalue weighted by Gasteiger charge is -2.30. The number of carbonyl (C=O) groups is 1. The first-order chi connectivity index (χ1) is 15.6. The van der Waals surface area contributed by atoms with Crippen LogP contribution in [0.25, 0.3) is 0 Å². The Kier molecular flexibility index (Phi) is 5.12. The van der Waals surface area contributed by atoms with Gasteiger partial charge in [-0.1, -0.05) is 30.3 Å². The third-order valence-electron chi connectivity index (χ3n) is 6.30. The second-order valence-corrected chi connectivity index (χ2v) is 8.62. The predicted octanol–water partition coefficient (Wildman–Crippen LogP) is 3.84. The molecule has 0 spiro atoms. The maximum absolute atomic E-state index is 12.8. The normalized spacial score (nSPS) is 19.1. The summed E-state index contributed by atoms with van der Waals surface area (Å²) in [6.07, 6.45) is 1.79. The van der Waals surface area contributed by atoms with Gasteiger partial charge in [0.25, 0.3) is 5.91 Å². The van der Waals surface area contributed by atoms with Crippen LogP contribution in [0, 0.1) is 11.3 Å². The van der Waals surface area contributed by atoms with E-state index in [1.54, 1.807) is 12.3 Å². The number of carbonyl (C=O) groups excluding carboxylic acids is 1. The third kappa shape index (κ3) is 3.72. The first-order valence-electron chi connectivity index (χ1n) is 10.7. The summed E-state index contributed by atoms with van der Waals surface area (Å²) in [6.45, 7) is 4.73. The van der Waals surface area contributed by atoms with E-state index in [-0.39, 0.29) is 5.91 Å². The number of nitrogens with zero attached hydrogens (tertiary/aromatic N) is 3. The molecule has 5 rings (SSSR count). The van der Waals surface area contributed by atoms with Crippen LogP contribution in [0.1, 0.15) is 45.2 Å². The number of pyridine rings is 1. The SMILES string of the molecule is C[C@@]1(C#N)COCc2ccc(C(=O)NCc3cc(N4Cc5ccccc5C4)ccn3)cc21. The fourth-order valence-corrected chi connectivity index (χ4v) is 4.44. The summed E-state index contributed by atoms with van der Waals surface area (Å²) in [4.78, 5) is 19.6. The molecule has 2 aliphatic heterocycles. The molecule has 0 saturated carbocycles. The molecule has 6 heteroatoms. The first kappa shape index (κ1) is 20.2. The highest BCUT2D eigenvalue weighted by atomic mass is 16.5. The molecule has 0 bridgehead atoms. The summed E-state index contributed by atoms with van der Waals surface area (Å²) in [5.74, 6) is -0.180. The van der Waals surface area contributed by atoms with Gasteiger partial charge < -0.3 is 15.0 Å². The topological polar surface area (TPSA) is 78.2 Å². The van der Waals surface area contributed by atoms with E-state index in [0.717, 1.165) is 35.6 Å². The first-order valence-corrected chi connectivity index (χ1v) is 10.7. The van der Waals surface area contributed by atoms with E-state index in [9.17, 15) is 10.1 Å². The number of amides is 1. The zero-order valence-electron chi connectivity index (χ0n) is 18.0. The molecule has 160 valence electrons. The number of benzene rings is 2. The van der Waals surface area contributed by atoms with Crippen molar-refractivity contribution in [1.29, 1.82) is 5.26 Å². The van der Waals surface area contributed by atoms with Gasteiger partial charge in [-0.2, -0.15) is 5.26 Å². The van der Waals surface area contributed by atoms with Crippen molar-refractivity contribution >= 4 is 11.6 Å². The molecule has 3 heterocycles. The van der Waals surface area contributed by atoms with Crippen molar-refractivity contribution in [3.05, 3.63) is 94.3 Å². The van der Waals surface area contributed by atoms with Crippen LogP contribution in [0.15, 0.2) is 60.8 Å². The molecule has 0 radical (unpaired) electrons. The van der Waals surface area contributed by atoms with Gasteiger partial charge in [0.1, 0.15) is 5.41 Å². The highest BCUT2D eigenvalue weighted by Gasteiger charge is 2.33. The van der Waals surface area contributed by atoms with Gasteiger partial charge in [0.2, 0.25) is 0 Å². The number of nitriles is 1. The minimum Gasteiger partial charge on any atom is -0.375 e. The van der Waals surface area contributed by atoms with Crippen LogP contribution >= 0.6 is 0 Å². The molecular weight excluding hydrogens is 400 g/mol. The van der Waals surface area contributed by atoms with Crippen molar-refractivity contribution in [2.24, 2.45) is 0 Å². The number of hydrogen-bond acceptors (Lipinski definition) is 5. The van der Waals surface area contributed by atoms with Crippen molar-refractivity contribution in [3.63, 3.8) is 0 Å². The molecule has 0 saturated heterocycles. The van der Waals surface area contributed by atoms with Gasteiger partial charge in [-0.05, 0) is 53.4 Å². The zero-order valence-corrected chi connectivity index (χ0v) is 18.0. The quantitative estimate of drug-likeness (QED) is 0.688. The number of anilines is 1. The maximum atomic E-state index is 12.8. The molecule has 2 aliphatic rings. The average molecular weight is 425 g/mol. The molecule has 0 unspecified atom stereocenters. The van der Waals surface area contributed by atoms with E-state index >= 15 is 0 Å². The van der Waals surface area contributed by atoms with Crippen molar-refractivity contribution in [3.8, 4) is 6.07 Å². The van der Waals surface area contributed by atoms with Gasteiger partial charge >= 0.3 is 0 Å². The minimum absolute atomic E-state index is 0.180. The summed E-state index contributed by atoms with van der Waals surface area (Å²) >= 11 is 0. The van der Waals surface area contributed by atoms with E-state index in [2.05, 4.69) is 45.5 Å². The lowest BCUT2D eigenvalue weighted by molar-refractivity contribution is 0.0757. The number of fused-ring (bicyclic) bond motifs is 2. The molecule has 1 atom stereocenters. The van der Waals surface area contributed by atoms with E-state index in [0.29, 0.717) is 25.3 Å². The second-order valence-electron chi connectivity index (χ2n) is 8.62. The summed E-state index contributed by atoms with van der Waals surface area (Å²) in [5, 5.41) is 12.6. The van der Waals surface area contributed by atoms with Crippen LogP contribution in [0.2, 0.25) is 0 Å². The van der Waals surface area contributed by atoms with Gasteiger partial charge in [-0.3, -0.25) is 9.78 Å². The summed E-state index contributed by atoms with van der Waals surface area (Å²) in [6, 6.07) is 20.3. The predicted molar refractivity (Wildman–Crippen MR) is 121 cm³/mol. The highest BCUT2D eigenvalue weighted by Crippen LogP contribution is 2.32. The van der Waals surface area contributed by atoms with Gasteiger partial charge in [0, 0.05) is 30.5 Å². The average Bonchev–Trinajstić information content (AvgIpc) is 3.27. The Morgan fingerprint density at radius 2 is 1.94 bits per heavy atom. The number of ether oxygens (including phenoxy) is 1. The summed E-state index contributed by atoms with van der Waals surface area (Å²) in [5.41, 5.74) is 6.22. The van der Waals surface area contributed by atoms with Crippen molar-refractivity contribution in [2.75, 3.05) is 11.5 Å². The van der Waals surface area contributed by atoms with Gasteiger partial charge in [0.05, 0.1) is 31.5 Å². The smallest absolute Gasteiger partial charge is 0.251 e. The van der Waals surface area contributed by atoms with E-state index in [1.807, 2.05) is 31.2 Å². The van der Waals surface area contributed by atoms with E-state index < -0.39 is 5.41 Å². The van der Waals surface area contributed by atoms with Crippen LogP contribution in [-0.2, 0) is 36.4 Å². The molecule has 6 nitrogen and oxygen atoms in total. The minimum atomic E-state index is -0.743. The lowest BCUT2D eigenvalue weighted by atomic mass is 9.79. The molecule has 3 aromatic rings. The molecule has 1 aromatic heterocycles. The lowest BCUT2D eigenvalue weighted by Crippen LogP contribution is -2.33. The largest absolute Gasteiger partial charge is 0.375 e. The maximum Gasteiger partial charge on any atom is 0.251 e. The monoisotopic (exact) mass is 424 g/mol. The summed E-state index contributed by atoms with van der Waals surface area (Å²) < 4.78 is 5.55. The Morgan fingerprint density at radius 1 is 1.16 bits per heavy atom. The number of aromatic nitrogens is 1. The molecule has 1 N–H and O–H groups in total. The summed E-state index contributed by atoms with van der Waals surface area (Å²) in [7, 11) is 0. The Balaban J connectivity index is 1.28. The Labute approximate surface area is 187 Å². The number of nitrogens with one attached hydrogen (secondary N) is 1. The van der Waals surface area contributed by atoms with E-state index in [1.165, 1.54) is 11.1 Å². The van der Waals surface area contributed by atoms with Crippen molar-refractivity contribution in [2.45, 2.75) is 38.6 Å². The zero-order chi connectivity index (χ0) is 22.1. The fraction of sp³-hybridized carbons (Fsp3) is 0.269. The molecule has 32 heavy (non-hydrogen) atoms. The van der Waals surface area contributed by atoms with Gasteiger partial charge in [-0.15, -0.1) is 0 Å². The highest BCUT2D eigenvalue weighted by molar-refractivity contribution is 5.94. The third-order valence-corrected chi connectivity index (χ3v) is 6.30. The molecule has 2 aromatic carbocycles. The van der Waals surface area contributed by atoms with Crippen LogP contribution in [-0.4, -0.2) is 17.5 Å². The fourth-order valence-electron chi connectivity index (χ4n) is 4.44. The van der Waals surface area contributed by atoms with Gasteiger partial charge in [-0.25, -0.2) is 0 Å². The van der Waals surface area contributed by atoms with Crippen LogP contribution in [0.5, 0.6) is 0 Å². The standard InChI is InChI=1S/C26H24N4O2/c1-26(16-27)17-32-15-21-7-6-18(10-24(21)26)25(31)29-12-22-11-23(8-9-28-22)30-13-19-4-2-3-5-20(19)14-30/h2-11H,12-15,17H2,1H3,(H,29,31)/t26-/m1/s1. The molecule has 1 amide bonds. The second kappa shape index (κ2) is 8.10. The number of hydrogen-bond donors (Lipinski definition) is 1. The molecule has 0 fully saturated rings. The van der Waals surface area contributed by atoms with Crippen LogP contribution in [0.3, 0.4) is 0 Å². The van der Waals surface area contributed by atoms with Crippen LogP contribution in [0.4, 0.5) is 5.69 Å². The van der Waals surface area contributed by atoms with E-state index in [4.69, 9.17) is 4.74 Å². The van der Waals surface area contributed by atoms with Crippen molar-refractivity contribution < 1.29 is 9.53 Å². The van der Waals surface area contributed by atoms with Gasteiger partial charge in [0.15, 0.2) is 0 Å².